The Morgan fingerprint density at radius 1 is 1.46 bits per heavy atom. The van der Waals surface area contributed by atoms with E-state index in [1.54, 1.807) is 6.20 Å². The van der Waals surface area contributed by atoms with Crippen LogP contribution >= 0.6 is 46.9 Å². The van der Waals surface area contributed by atoms with E-state index in [0.717, 1.165) is 34.5 Å². The summed E-state index contributed by atoms with van der Waals surface area (Å²) in [6.45, 7) is 1.96. The molecule has 6 nitrogen and oxygen atoms in total. The quantitative estimate of drug-likeness (QED) is 0.404. The van der Waals surface area contributed by atoms with Gasteiger partial charge < -0.3 is 5.73 Å². The first-order valence-corrected chi connectivity index (χ1v) is 8.45. The van der Waals surface area contributed by atoms with Crippen LogP contribution in [-0.2, 0) is 6.42 Å². The number of nitrogens with two attached hydrogens (primary N) is 1. The largest absolute Gasteiger partial charge is 0.369 e. The highest BCUT2D eigenvalue weighted by molar-refractivity contribution is 7.20. The first-order valence-electron chi connectivity index (χ1n) is 6.88. The van der Waals surface area contributed by atoms with Gasteiger partial charge in [-0.15, -0.1) is 23.7 Å². The molecule has 128 valence electrons. The lowest BCUT2D eigenvalue weighted by atomic mass is 9.81. The molecule has 24 heavy (non-hydrogen) atoms. The van der Waals surface area contributed by atoms with Crippen molar-refractivity contribution in [3.63, 3.8) is 0 Å². The van der Waals surface area contributed by atoms with Crippen molar-refractivity contribution < 1.29 is 0 Å². The average Bonchev–Trinajstić information content (AvgIpc) is 2.83. The van der Waals surface area contributed by atoms with E-state index in [0.29, 0.717) is 15.1 Å². The van der Waals surface area contributed by atoms with Crippen molar-refractivity contribution in [3.8, 4) is 0 Å². The van der Waals surface area contributed by atoms with Crippen LogP contribution < -0.4 is 11.2 Å². The molecule has 0 spiro atoms. The molecule has 4 N–H and O–H groups in total. The van der Waals surface area contributed by atoms with E-state index in [1.165, 1.54) is 11.3 Å². The third kappa shape index (κ3) is 3.80. The third-order valence-electron chi connectivity index (χ3n) is 3.72. The summed E-state index contributed by atoms with van der Waals surface area (Å²) in [5.41, 5.74) is 12.5. The zero-order chi connectivity index (χ0) is 16.6. The minimum atomic E-state index is -0.211. The SMILES string of the molecule is Cc1cnnc2c1C(=NNC(=N)N)CC(c1cc(Cl)sc1Cl)C2.Cl. The minimum absolute atomic E-state index is 0. The smallest absolute Gasteiger partial charge is 0.206 e. The van der Waals surface area contributed by atoms with E-state index in [9.17, 15) is 0 Å². The number of thiophene rings is 1. The predicted molar refractivity (Wildman–Crippen MR) is 101 cm³/mol. The van der Waals surface area contributed by atoms with Crippen molar-refractivity contribution in [3.05, 3.63) is 43.3 Å². The van der Waals surface area contributed by atoms with Gasteiger partial charge in [-0.2, -0.15) is 15.3 Å². The molecule has 0 bridgehead atoms. The van der Waals surface area contributed by atoms with Crippen molar-refractivity contribution in [2.75, 3.05) is 0 Å². The summed E-state index contributed by atoms with van der Waals surface area (Å²) in [6, 6.07) is 1.89. The maximum absolute atomic E-state index is 7.30. The first kappa shape index (κ1) is 18.9. The second-order valence-corrected chi connectivity index (χ2v) is 7.60. The number of hydrogen-bond donors (Lipinski definition) is 3. The molecule has 0 amide bonds. The highest BCUT2D eigenvalue weighted by Crippen LogP contribution is 2.41. The van der Waals surface area contributed by atoms with Gasteiger partial charge in [0.15, 0.2) is 0 Å². The van der Waals surface area contributed by atoms with Crippen molar-refractivity contribution in [2.45, 2.75) is 25.7 Å². The van der Waals surface area contributed by atoms with Gasteiger partial charge in [-0.05, 0) is 42.9 Å². The molecule has 2 aromatic rings. The number of fused-ring (bicyclic) bond motifs is 1. The fraction of sp³-hybridized carbons (Fsp3) is 0.286. The van der Waals surface area contributed by atoms with Gasteiger partial charge in [0.25, 0.3) is 0 Å². The van der Waals surface area contributed by atoms with E-state index in [1.807, 2.05) is 13.0 Å². The van der Waals surface area contributed by atoms with Crippen molar-refractivity contribution in [2.24, 2.45) is 10.8 Å². The molecular formula is C14H15Cl3N6S. The van der Waals surface area contributed by atoms with Crippen LogP contribution in [0, 0.1) is 12.3 Å². The number of nitrogens with zero attached hydrogens (tertiary/aromatic N) is 3. The maximum Gasteiger partial charge on any atom is 0.206 e. The Bertz CT molecular complexity index is 804. The molecule has 0 saturated carbocycles. The number of hydrazone groups is 1. The number of aromatic nitrogens is 2. The molecule has 0 aliphatic heterocycles. The summed E-state index contributed by atoms with van der Waals surface area (Å²) in [4.78, 5) is 0. The van der Waals surface area contributed by atoms with Crippen LogP contribution in [0.4, 0.5) is 0 Å². The van der Waals surface area contributed by atoms with E-state index in [2.05, 4.69) is 20.7 Å². The predicted octanol–water partition coefficient (Wildman–Crippen LogP) is 3.49. The molecule has 1 aliphatic rings. The van der Waals surface area contributed by atoms with Gasteiger partial charge in [-0.1, -0.05) is 23.2 Å². The lowest BCUT2D eigenvalue weighted by molar-refractivity contribution is 0.665. The zero-order valence-electron chi connectivity index (χ0n) is 12.6. The molecule has 2 heterocycles. The summed E-state index contributed by atoms with van der Waals surface area (Å²) < 4.78 is 1.34. The molecule has 3 rings (SSSR count). The first-order chi connectivity index (χ1) is 11.0. The fourth-order valence-corrected chi connectivity index (χ4v) is 4.41. The maximum atomic E-state index is 7.30. The summed E-state index contributed by atoms with van der Waals surface area (Å²) in [5.74, 6) is -0.0974. The van der Waals surface area contributed by atoms with Gasteiger partial charge >= 0.3 is 0 Å². The third-order valence-corrected chi connectivity index (χ3v) is 5.23. The van der Waals surface area contributed by atoms with Crippen LogP contribution in [0.2, 0.25) is 8.67 Å². The van der Waals surface area contributed by atoms with Crippen LogP contribution in [0.25, 0.3) is 0 Å². The molecule has 10 heteroatoms. The molecular weight excluding hydrogens is 391 g/mol. The molecule has 1 aliphatic carbocycles. The highest BCUT2D eigenvalue weighted by Gasteiger charge is 2.30. The summed E-state index contributed by atoms with van der Waals surface area (Å²) in [6.07, 6.45) is 3.08. The lowest BCUT2D eigenvalue weighted by Crippen LogP contribution is -2.29. The van der Waals surface area contributed by atoms with Crippen LogP contribution in [-0.4, -0.2) is 21.9 Å². The second-order valence-electron chi connectivity index (χ2n) is 5.32. The van der Waals surface area contributed by atoms with E-state index >= 15 is 0 Å². The Hall–Kier alpha value is -1.41. The summed E-state index contributed by atoms with van der Waals surface area (Å²) >= 11 is 13.7. The Balaban J connectivity index is 0.00000208. The highest BCUT2D eigenvalue weighted by atomic mass is 35.5. The molecule has 1 atom stereocenters. The van der Waals surface area contributed by atoms with Gasteiger partial charge in [-0.25, -0.2) is 5.43 Å². The molecule has 0 radical (unpaired) electrons. The monoisotopic (exact) mass is 404 g/mol. The van der Waals surface area contributed by atoms with Crippen LogP contribution in [0.5, 0.6) is 0 Å². The standard InChI is InChI=1S/C14H14Cl2N6S.ClH/c1-6-5-19-20-9-2-7(8-4-11(15)23-13(8)16)3-10(12(6)9)21-22-14(17)18;/h4-5,7H,2-3H2,1H3,(H4,17,18,22);1H. The zero-order valence-corrected chi connectivity index (χ0v) is 15.8. The van der Waals surface area contributed by atoms with Gasteiger partial charge in [-0.3, -0.25) is 5.41 Å². The Labute approximate surface area is 159 Å². The Kier molecular flexibility index (Phi) is 6.03. The van der Waals surface area contributed by atoms with Crippen LogP contribution in [0.1, 0.15) is 34.7 Å². The number of aryl methyl sites for hydroxylation is 1. The van der Waals surface area contributed by atoms with Gasteiger partial charge in [0, 0.05) is 5.56 Å². The number of halogens is 3. The van der Waals surface area contributed by atoms with Crippen LogP contribution in [0.15, 0.2) is 17.4 Å². The second kappa shape index (κ2) is 7.65. The number of rotatable bonds is 2. The van der Waals surface area contributed by atoms with E-state index < -0.39 is 0 Å². The normalized spacial score (nSPS) is 18.0. The average molecular weight is 406 g/mol. The molecule has 1 unspecified atom stereocenters. The van der Waals surface area contributed by atoms with Crippen molar-refractivity contribution in [1.29, 1.82) is 5.41 Å². The molecule has 0 fully saturated rings. The van der Waals surface area contributed by atoms with E-state index in [-0.39, 0.29) is 24.3 Å². The van der Waals surface area contributed by atoms with E-state index in [4.69, 9.17) is 34.3 Å². The van der Waals surface area contributed by atoms with Gasteiger partial charge in [0.1, 0.15) is 0 Å². The number of hydrogen-bond acceptors (Lipinski definition) is 5. The van der Waals surface area contributed by atoms with Gasteiger partial charge in [0.2, 0.25) is 5.96 Å². The minimum Gasteiger partial charge on any atom is -0.369 e. The number of guanidine groups is 1. The molecule has 0 saturated heterocycles. The Morgan fingerprint density at radius 2 is 2.21 bits per heavy atom. The van der Waals surface area contributed by atoms with Crippen LogP contribution in [0.3, 0.4) is 0 Å². The lowest BCUT2D eigenvalue weighted by Gasteiger charge is -2.25. The van der Waals surface area contributed by atoms with Crippen molar-refractivity contribution in [1.82, 2.24) is 15.6 Å². The van der Waals surface area contributed by atoms with Crippen molar-refractivity contribution >= 4 is 58.6 Å². The fourth-order valence-electron chi connectivity index (χ4n) is 2.79. The topological polar surface area (TPSA) is 100 Å². The number of nitrogens with one attached hydrogen (secondary N) is 2. The summed E-state index contributed by atoms with van der Waals surface area (Å²) in [7, 11) is 0. The molecule has 0 aromatic carbocycles. The Morgan fingerprint density at radius 3 is 2.83 bits per heavy atom. The van der Waals surface area contributed by atoms with Gasteiger partial charge in [0.05, 0.1) is 26.3 Å². The molecule has 2 aromatic heterocycles. The summed E-state index contributed by atoms with van der Waals surface area (Å²) in [5, 5.41) is 19.9.